The molecular formula is C26H22F3NO3. The molecule has 7 heteroatoms. The lowest BCUT2D eigenvalue weighted by Gasteiger charge is -2.30. The van der Waals surface area contributed by atoms with Crippen molar-refractivity contribution in [3.05, 3.63) is 75.6 Å². The molecule has 2 aromatic carbocycles. The predicted molar refractivity (Wildman–Crippen MR) is 117 cm³/mol. The minimum atomic E-state index is -4.65. The van der Waals surface area contributed by atoms with E-state index in [1.165, 1.54) is 0 Å². The van der Waals surface area contributed by atoms with Gasteiger partial charge in [0.15, 0.2) is 5.78 Å². The molecule has 33 heavy (non-hydrogen) atoms. The number of benzene rings is 2. The van der Waals surface area contributed by atoms with Crippen molar-refractivity contribution in [2.75, 3.05) is 0 Å². The van der Waals surface area contributed by atoms with Crippen LogP contribution in [-0.2, 0) is 17.4 Å². The Hall–Kier alpha value is -3.53. The highest BCUT2D eigenvalue weighted by Gasteiger charge is 2.48. The van der Waals surface area contributed by atoms with Gasteiger partial charge >= 0.3 is 6.18 Å². The summed E-state index contributed by atoms with van der Waals surface area (Å²) in [6.07, 6.45) is -2.77. The number of fused-ring (bicyclic) bond motifs is 1. The first-order valence-electron chi connectivity index (χ1n) is 10.6. The molecule has 4 rings (SSSR count). The number of hydrogen-bond donors (Lipinski definition) is 1. The van der Waals surface area contributed by atoms with E-state index in [-0.39, 0.29) is 28.6 Å². The van der Waals surface area contributed by atoms with Gasteiger partial charge in [-0.05, 0) is 80.1 Å². The maximum Gasteiger partial charge on any atom is 0.417 e. The van der Waals surface area contributed by atoms with Crippen LogP contribution in [0.2, 0.25) is 0 Å². The second kappa shape index (κ2) is 7.80. The van der Waals surface area contributed by atoms with Crippen molar-refractivity contribution in [3.63, 3.8) is 0 Å². The van der Waals surface area contributed by atoms with E-state index >= 15 is 0 Å². The standard InChI is InChI=1S/C26H22F3NO3/c1-4-15-5-6-18(33-17-7-8-21(26(27,28)29)16(11-17)13-30)12-20(15)22-23(31)19-9-10-25(3,14(19)2)24(22)32/h5-8,11-12,31H,4,9-10H2,1-3H3/t25-/m0/s1. The van der Waals surface area contributed by atoms with Gasteiger partial charge in [-0.15, -0.1) is 0 Å². The average Bonchev–Trinajstić information content (AvgIpc) is 3.03. The number of nitrogens with zero attached hydrogens (tertiary/aromatic N) is 1. The molecule has 0 radical (unpaired) electrons. The highest BCUT2D eigenvalue weighted by Crippen LogP contribution is 2.53. The van der Waals surface area contributed by atoms with E-state index in [0.717, 1.165) is 34.9 Å². The monoisotopic (exact) mass is 453 g/mol. The van der Waals surface area contributed by atoms with Crippen LogP contribution in [0.4, 0.5) is 13.2 Å². The summed E-state index contributed by atoms with van der Waals surface area (Å²) in [5, 5.41) is 20.1. The third-order valence-corrected chi connectivity index (χ3v) is 6.79. The molecule has 0 heterocycles. The van der Waals surface area contributed by atoms with Crippen LogP contribution in [0.15, 0.2) is 53.3 Å². The number of aliphatic hydroxyl groups is 1. The second-order valence-electron chi connectivity index (χ2n) is 8.58. The fraction of sp³-hybridized carbons (Fsp3) is 0.308. The second-order valence-corrected chi connectivity index (χ2v) is 8.58. The first-order valence-corrected chi connectivity index (χ1v) is 10.6. The number of allylic oxidation sites excluding steroid dienone is 3. The van der Waals surface area contributed by atoms with E-state index < -0.39 is 22.7 Å². The fourth-order valence-corrected chi connectivity index (χ4v) is 4.67. The van der Waals surface area contributed by atoms with E-state index in [9.17, 15) is 23.1 Å². The van der Waals surface area contributed by atoms with Crippen LogP contribution in [0.3, 0.4) is 0 Å². The molecule has 0 aromatic heterocycles. The van der Waals surface area contributed by atoms with E-state index in [2.05, 4.69) is 0 Å². The van der Waals surface area contributed by atoms with E-state index in [4.69, 9.17) is 10.00 Å². The molecule has 1 atom stereocenters. The molecule has 0 amide bonds. The van der Waals surface area contributed by atoms with E-state index in [1.807, 2.05) is 20.8 Å². The fourth-order valence-electron chi connectivity index (χ4n) is 4.67. The summed E-state index contributed by atoms with van der Waals surface area (Å²) >= 11 is 0. The normalized spacial score (nSPS) is 20.3. The Bertz CT molecular complexity index is 1280. The average molecular weight is 453 g/mol. The molecule has 2 bridgehead atoms. The quantitative estimate of drug-likeness (QED) is 0.547. The van der Waals surface area contributed by atoms with Crippen molar-refractivity contribution in [3.8, 4) is 17.6 Å². The Balaban J connectivity index is 1.77. The lowest BCUT2D eigenvalue weighted by Crippen LogP contribution is -2.30. The van der Waals surface area contributed by atoms with Gasteiger partial charge in [0.05, 0.1) is 28.2 Å². The summed E-state index contributed by atoms with van der Waals surface area (Å²) in [4.78, 5) is 13.4. The predicted octanol–water partition coefficient (Wildman–Crippen LogP) is 6.90. The zero-order valence-corrected chi connectivity index (χ0v) is 18.4. The van der Waals surface area contributed by atoms with Gasteiger partial charge in [-0.1, -0.05) is 18.6 Å². The topological polar surface area (TPSA) is 70.3 Å². The molecule has 2 aliphatic rings. The van der Waals surface area contributed by atoms with Gasteiger partial charge in [0.1, 0.15) is 17.3 Å². The Kier molecular flexibility index (Phi) is 5.36. The van der Waals surface area contributed by atoms with Crippen molar-refractivity contribution in [1.29, 1.82) is 5.26 Å². The Morgan fingerprint density at radius 2 is 1.85 bits per heavy atom. The number of aryl methyl sites for hydroxylation is 1. The lowest BCUT2D eigenvalue weighted by molar-refractivity contribution is -0.137. The number of carbonyl (C=O) groups is 1. The van der Waals surface area contributed by atoms with Crippen molar-refractivity contribution < 1.29 is 27.8 Å². The van der Waals surface area contributed by atoms with Crippen molar-refractivity contribution in [2.24, 2.45) is 5.41 Å². The number of alkyl halides is 3. The van der Waals surface area contributed by atoms with Gasteiger partial charge in [-0.2, -0.15) is 18.4 Å². The van der Waals surface area contributed by atoms with Crippen LogP contribution in [0.25, 0.3) is 5.57 Å². The van der Waals surface area contributed by atoms with Crippen LogP contribution in [-0.4, -0.2) is 10.9 Å². The van der Waals surface area contributed by atoms with Crippen LogP contribution in [0, 0.1) is 16.7 Å². The zero-order chi connectivity index (χ0) is 24.1. The molecular weight excluding hydrogens is 431 g/mol. The summed E-state index contributed by atoms with van der Waals surface area (Å²) in [5.74, 6) is 0.189. The first kappa shape index (κ1) is 22.7. The van der Waals surface area contributed by atoms with Gasteiger partial charge in [0.25, 0.3) is 0 Å². The number of Topliss-reactive ketones (excluding diaryl/α,β-unsaturated/α-hetero) is 1. The maximum atomic E-state index is 13.4. The highest BCUT2D eigenvalue weighted by molar-refractivity contribution is 6.27. The van der Waals surface area contributed by atoms with Gasteiger partial charge < -0.3 is 9.84 Å². The Labute approximate surface area is 189 Å². The number of ketones is 1. The third kappa shape index (κ3) is 3.60. The van der Waals surface area contributed by atoms with Gasteiger partial charge in [0, 0.05) is 0 Å². The molecule has 0 spiro atoms. The van der Waals surface area contributed by atoms with Gasteiger partial charge in [-0.3, -0.25) is 4.79 Å². The van der Waals surface area contributed by atoms with Gasteiger partial charge in [0.2, 0.25) is 0 Å². The number of rotatable bonds is 4. The number of aliphatic hydroxyl groups excluding tert-OH is 1. The summed E-state index contributed by atoms with van der Waals surface area (Å²) in [6.45, 7) is 5.70. The maximum absolute atomic E-state index is 13.4. The van der Waals surface area contributed by atoms with Crippen molar-refractivity contribution in [2.45, 2.75) is 46.2 Å². The van der Waals surface area contributed by atoms with Crippen LogP contribution >= 0.6 is 0 Å². The molecule has 0 saturated carbocycles. The molecule has 170 valence electrons. The Morgan fingerprint density at radius 3 is 2.48 bits per heavy atom. The van der Waals surface area contributed by atoms with E-state index in [0.29, 0.717) is 24.8 Å². The van der Waals surface area contributed by atoms with E-state index in [1.54, 1.807) is 24.3 Å². The summed E-state index contributed by atoms with van der Waals surface area (Å²) in [6, 6.07) is 9.59. The SMILES string of the molecule is CCc1ccc(Oc2ccc(C(F)(F)F)c(C#N)c2)cc1C1=C(O)C2=C(C)[C@](C)(CC2)C1=O. The van der Waals surface area contributed by atoms with Crippen LogP contribution in [0.1, 0.15) is 55.9 Å². The molecule has 0 saturated heterocycles. The lowest BCUT2D eigenvalue weighted by atomic mass is 9.72. The van der Waals surface area contributed by atoms with Gasteiger partial charge in [-0.25, -0.2) is 0 Å². The minimum Gasteiger partial charge on any atom is -0.507 e. The minimum absolute atomic E-state index is 0.0133. The number of hydrogen-bond acceptors (Lipinski definition) is 4. The summed E-state index contributed by atoms with van der Waals surface area (Å²) in [5.41, 5.74) is 1.09. The largest absolute Gasteiger partial charge is 0.507 e. The molecule has 0 unspecified atom stereocenters. The molecule has 1 N–H and O–H groups in total. The summed E-state index contributed by atoms with van der Waals surface area (Å²) < 4.78 is 45.0. The molecule has 2 aromatic rings. The summed E-state index contributed by atoms with van der Waals surface area (Å²) in [7, 11) is 0. The van der Waals surface area contributed by atoms with Crippen molar-refractivity contribution >= 4 is 11.4 Å². The van der Waals surface area contributed by atoms with Crippen molar-refractivity contribution in [1.82, 2.24) is 0 Å². The Morgan fingerprint density at radius 1 is 1.18 bits per heavy atom. The molecule has 0 aliphatic heterocycles. The molecule has 4 nitrogen and oxygen atoms in total. The number of ether oxygens (including phenoxy) is 1. The first-order chi connectivity index (χ1) is 15.5. The number of nitriles is 1. The van der Waals surface area contributed by atoms with Crippen LogP contribution in [0.5, 0.6) is 11.5 Å². The number of carbonyl (C=O) groups excluding carboxylic acids is 1. The zero-order valence-electron chi connectivity index (χ0n) is 18.4. The highest BCUT2D eigenvalue weighted by atomic mass is 19.4. The van der Waals surface area contributed by atoms with Crippen LogP contribution < -0.4 is 4.74 Å². The number of halogens is 3. The third-order valence-electron chi connectivity index (χ3n) is 6.79. The smallest absolute Gasteiger partial charge is 0.417 e. The molecule has 2 aliphatic carbocycles. The molecule has 0 fully saturated rings.